The third kappa shape index (κ3) is 5.08. The Morgan fingerprint density at radius 3 is 0.980 bits per heavy atom. The van der Waals surface area contributed by atoms with Gasteiger partial charge in [0, 0.05) is 11.1 Å². The topological polar surface area (TPSA) is 68.2 Å². The minimum Gasteiger partial charge on any atom is -0.497 e. The number of benzene rings is 8. The van der Waals surface area contributed by atoms with Crippen LogP contribution in [-0.2, 0) is 11.2 Å². The highest BCUT2D eigenvalue weighted by atomic mass is 16.5. The van der Waals surface area contributed by atoms with Gasteiger partial charge in [0.25, 0.3) is 0 Å². The van der Waals surface area contributed by atoms with E-state index in [4.69, 9.17) is 14.2 Å². The second-order valence-electron chi connectivity index (χ2n) is 13.1. The lowest BCUT2D eigenvalue weighted by Crippen LogP contribution is -2.29. The summed E-state index contributed by atoms with van der Waals surface area (Å²) in [6.07, 6.45) is 0. The van der Waals surface area contributed by atoms with Gasteiger partial charge in [0.2, 0.25) is 0 Å². The summed E-state index contributed by atoms with van der Waals surface area (Å²) in [6.45, 7) is 2.04. The van der Waals surface area contributed by atoms with Crippen LogP contribution in [0.4, 0.5) is 0 Å². The van der Waals surface area contributed by atoms with Crippen molar-refractivity contribution in [3.8, 4) is 17.2 Å². The monoisotopic (exact) mass is 670 g/mol. The zero-order valence-corrected chi connectivity index (χ0v) is 29.0. The van der Waals surface area contributed by atoms with Gasteiger partial charge in [-0.05, 0) is 97.9 Å². The van der Waals surface area contributed by atoms with Crippen molar-refractivity contribution in [2.75, 3.05) is 21.3 Å². The second kappa shape index (κ2) is 12.5. The largest absolute Gasteiger partial charge is 0.497 e. The molecule has 0 amide bonds. The first-order chi connectivity index (χ1) is 24.8. The maximum atomic E-state index is 13.1. The number of aliphatic hydroxyl groups is 2. The first-order valence-corrected chi connectivity index (χ1v) is 17.0. The van der Waals surface area contributed by atoms with Crippen LogP contribution in [0.1, 0.15) is 38.9 Å². The fourth-order valence-corrected chi connectivity index (χ4v) is 7.68. The Bertz CT molecular complexity index is 2440. The summed E-state index contributed by atoms with van der Waals surface area (Å²) >= 11 is 0. The fourth-order valence-electron chi connectivity index (χ4n) is 7.68. The number of rotatable bonds is 9. The molecule has 5 nitrogen and oxygen atoms in total. The molecular formula is C46H38O5. The summed E-state index contributed by atoms with van der Waals surface area (Å²) in [6, 6.07) is 47.5. The molecule has 0 radical (unpaired) electrons. The summed E-state index contributed by atoms with van der Waals surface area (Å²) in [5.74, 6) is 2.13. The van der Waals surface area contributed by atoms with Gasteiger partial charge in [0.05, 0.1) is 21.3 Å². The van der Waals surface area contributed by atoms with E-state index in [0.29, 0.717) is 28.4 Å². The van der Waals surface area contributed by atoms with Crippen molar-refractivity contribution in [2.45, 2.75) is 18.1 Å². The Kier molecular flexibility index (Phi) is 7.90. The molecule has 252 valence electrons. The zero-order valence-electron chi connectivity index (χ0n) is 29.0. The Balaban J connectivity index is 1.42. The highest BCUT2D eigenvalue weighted by molar-refractivity contribution is 6.24. The molecule has 0 spiro atoms. The minimum atomic E-state index is -1.52. The molecular weight excluding hydrogens is 633 g/mol. The van der Waals surface area contributed by atoms with E-state index < -0.39 is 11.2 Å². The molecule has 0 bridgehead atoms. The summed E-state index contributed by atoms with van der Waals surface area (Å²) in [4.78, 5) is 0. The SMILES string of the molecule is COc1ccc(C(O)(c2ccc(C)cc2)c2ccc3ccc4c(C(O)(c5ccc(OC)cc5)c5ccc(OC)cc5)ccc5ccc2c3c54)cc1. The Morgan fingerprint density at radius 1 is 0.373 bits per heavy atom. The molecule has 51 heavy (non-hydrogen) atoms. The molecule has 0 aromatic heterocycles. The summed E-state index contributed by atoms with van der Waals surface area (Å²) in [5.41, 5.74) is 2.54. The third-order valence-corrected chi connectivity index (χ3v) is 10.4. The van der Waals surface area contributed by atoms with E-state index in [-0.39, 0.29) is 0 Å². The highest BCUT2D eigenvalue weighted by Crippen LogP contribution is 2.48. The molecule has 5 heteroatoms. The lowest BCUT2D eigenvalue weighted by Gasteiger charge is -2.33. The van der Waals surface area contributed by atoms with Crippen LogP contribution < -0.4 is 14.2 Å². The van der Waals surface area contributed by atoms with Gasteiger partial charge in [-0.3, -0.25) is 0 Å². The lowest BCUT2D eigenvalue weighted by atomic mass is 9.75. The molecule has 0 aliphatic rings. The normalized spacial score (nSPS) is 13.1. The van der Waals surface area contributed by atoms with Crippen LogP contribution in [0.3, 0.4) is 0 Å². The Labute approximate surface area is 297 Å². The summed E-state index contributed by atoms with van der Waals surface area (Å²) in [5, 5.41) is 32.1. The molecule has 8 rings (SSSR count). The van der Waals surface area contributed by atoms with Crippen LogP contribution >= 0.6 is 0 Å². The summed E-state index contributed by atoms with van der Waals surface area (Å²) in [7, 11) is 4.91. The molecule has 0 heterocycles. The number of hydrogen-bond donors (Lipinski definition) is 2. The molecule has 0 saturated heterocycles. The van der Waals surface area contributed by atoms with Crippen molar-refractivity contribution in [1.29, 1.82) is 0 Å². The van der Waals surface area contributed by atoms with Gasteiger partial charge >= 0.3 is 0 Å². The molecule has 8 aromatic carbocycles. The van der Waals surface area contributed by atoms with E-state index in [0.717, 1.165) is 60.1 Å². The molecule has 1 unspecified atom stereocenters. The van der Waals surface area contributed by atoms with E-state index in [2.05, 4.69) is 36.4 Å². The van der Waals surface area contributed by atoms with Gasteiger partial charge in [-0.2, -0.15) is 0 Å². The maximum absolute atomic E-state index is 13.1. The number of ether oxygens (including phenoxy) is 3. The predicted octanol–water partition coefficient (Wildman–Crippen LogP) is 9.49. The van der Waals surface area contributed by atoms with Crippen LogP contribution in [0.5, 0.6) is 17.2 Å². The average Bonchev–Trinajstić information content (AvgIpc) is 3.19. The van der Waals surface area contributed by atoms with Crippen LogP contribution in [0.2, 0.25) is 0 Å². The number of methoxy groups -OCH3 is 3. The van der Waals surface area contributed by atoms with Gasteiger partial charge in [-0.1, -0.05) is 115 Å². The van der Waals surface area contributed by atoms with Gasteiger partial charge in [0.15, 0.2) is 0 Å². The Morgan fingerprint density at radius 2 is 0.667 bits per heavy atom. The summed E-state index contributed by atoms with van der Waals surface area (Å²) < 4.78 is 16.4. The van der Waals surface area contributed by atoms with E-state index in [9.17, 15) is 10.2 Å². The maximum Gasteiger partial charge on any atom is 0.141 e. The van der Waals surface area contributed by atoms with Crippen LogP contribution in [0, 0.1) is 6.92 Å². The van der Waals surface area contributed by atoms with Crippen molar-refractivity contribution in [3.05, 3.63) is 185 Å². The van der Waals surface area contributed by atoms with E-state index in [1.54, 1.807) is 21.3 Å². The van der Waals surface area contributed by atoms with E-state index in [1.165, 1.54) is 0 Å². The molecule has 8 aromatic rings. The van der Waals surface area contributed by atoms with Gasteiger partial charge in [0.1, 0.15) is 28.5 Å². The number of aryl methyl sites for hydroxylation is 1. The standard InChI is InChI=1S/C46H38O5/c1-29-5-11-32(12-6-29)45(47,33-13-19-36(49-2)20-14-33)41-27-9-30-8-26-40-42(28-10-31-7-25-39(41)43(30)44(31)40)46(48,34-15-21-37(50-3)22-16-34)35-17-23-38(51-4)24-18-35/h5-28,47-48H,1-4H3. The van der Waals surface area contributed by atoms with Crippen LogP contribution in [-0.4, -0.2) is 31.5 Å². The average molecular weight is 671 g/mol. The molecule has 0 aliphatic heterocycles. The van der Waals surface area contributed by atoms with Crippen molar-refractivity contribution in [1.82, 2.24) is 0 Å². The first-order valence-electron chi connectivity index (χ1n) is 17.0. The Hall–Kier alpha value is -5.88. The smallest absolute Gasteiger partial charge is 0.141 e. The minimum absolute atomic E-state index is 0.705. The van der Waals surface area contributed by atoms with E-state index in [1.807, 2.05) is 116 Å². The molecule has 0 saturated carbocycles. The fraction of sp³-hybridized carbons (Fsp3) is 0.130. The quantitative estimate of drug-likeness (QED) is 0.118. The van der Waals surface area contributed by atoms with Gasteiger partial charge in [-0.15, -0.1) is 0 Å². The molecule has 2 N–H and O–H groups in total. The first kappa shape index (κ1) is 32.3. The number of hydrogen-bond acceptors (Lipinski definition) is 5. The second-order valence-corrected chi connectivity index (χ2v) is 13.1. The van der Waals surface area contributed by atoms with Crippen molar-refractivity contribution >= 4 is 32.3 Å². The lowest BCUT2D eigenvalue weighted by molar-refractivity contribution is 0.127. The third-order valence-electron chi connectivity index (χ3n) is 10.4. The highest BCUT2D eigenvalue weighted by Gasteiger charge is 2.38. The molecule has 1 atom stereocenters. The van der Waals surface area contributed by atoms with Crippen molar-refractivity contribution in [3.63, 3.8) is 0 Å². The molecule has 0 aliphatic carbocycles. The van der Waals surface area contributed by atoms with Gasteiger partial charge in [-0.25, -0.2) is 0 Å². The van der Waals surface area contributed by atoms with Crippen LogP contribution in [0.15, 0.2) is 146 Å². The predicted molar refractivity (Wildman–Crippen MR) is 205 cm³/mol. The van der Waals surface area contributed by atoms with Gasteiger partial charge < -0.3 is 24.4 Å². The zero-order chi connectivity index (χ0) is 35.3. The van der Waals surface area contributed by atoms with Crippen molar-refractivity contribution in [2.24, 2.45) is 0 Å². The van der Waals surface area contributed by atoms with Crippen LogP contribution in [0.25, 0.3) is 32.3 Å². The van der Waals surface area contributed by atoms with Crippen molar-refractivity contribution < 1.29 is 24.4 Å². The molecule has 0 fully saturated rings. The van der Waals surface area contributed by atoms with E-state index >= 15 is 0 Å².